The van der Waals surface area contributed by atoms with E-state index in [4.69, 9.17) is 9.47 Å². The summed E-state index contributed by atoms with van der Waals surface area (Å²) in [6.45, 7) is 3.89. The van der Waals surface area contributed by atoms with E-state index in [0.29, 0.717) is 23.6 Å². The summed E-state index contributed by atoms with van der Waals surface area (Å²) in [5, 5.41) is 2.74. The molecule has 0 saturated heterocycles. The topological polar surface area (TPSA) is 64.6 Å². The van der Waals surface area contributed by atoms with Crippen molar-refractivity contribution in [1.82, 2.24) is 0 Å². The third-order valence-electron chi connectivity index (χ3n) is 4.33. The number of carbonyl (C=O) groups is 2. The highest BCUT2D eigenvalue weighted by atomic mass is 16.5. The number of nitrogens with one attached hydrogen (secondary N) is 1. The molecular formula is C24H23NO4. The lowest BCUT2D eigenvalue weighted by Gasteiger charge is -2.15. The molecule has 0 aliphatic carbocycles. The van der Waals surface area contributed by atoms with E-state index in [0.717, 1.165) is 11.1 Å². The van der Waals surface area contributed by atoms with Crippen LogP contribution < -0.4 is 10.1 Å². The second-order valence-corrected chi connectivity index (χ2v) is 6.41. The van der Waals surface area contributed by atoms with Crippen molar-refractivity contribution in [2.45, 2.75) is 20.0 Å². The number of hydrogen-bond donors (Lipinski definition) is 1. The minimum absolute atomic E-state index is 0.388. The van der Waals surface area contributed by atoms with Crippen LogP contribution in [0.25, 0.3) is 11.1 Å². The minimum Gasteiger partial charge on any atom is -0.492 e. The lowest BCUT2D eigenvalue weighted by atomic mass is 10.0. The summed E-state index contributed by atoms with van der Waals surface area (Å²) in [6, 6.07) is 24.1. The number of rotatable bonds is 7. The van der Waals surface area contributed by atoms with Gasteiger partial charge in [0.1, 0.15) is 5.75 Å². The van der Waals surface area contributed by atoms with Crippen LogP contribution in [0.1, 0.15) is 24.2 Å². The molecule has 0 aromatic heterocycles. The summed E-state index contributed by atoms with van der Waals surface area (Å²) < 4.78 is 10.8. The molecule has 148 valence electrons. The summed E-state index contributed by atoms with van der Waals surface area (Å²) in [5.74, 6) is -0.407. The Morgan fingerprint density at radius 3 is 2.17 bits per heavy atom. The smallest absolute Gasteiger partial charge is 0.338 e. The quantitative estimate of drug-likeness (QED) is 0.582. The molecule has 0 radical (unpaired) electrons. The van der Waals surface area contributed by atoms with Gasteiger partial charge in [0.2, 0.25) is 0 Å². The van der Waals surface area contributed by atoms with Crippen LogP contribution in [0.3, 0.4) is 0 Å². The zero-order valence-corrected chi connectivity index (χ0v) is 16.4. The highest BCUT2D eigenvalue weighted by molar-refractivity contribution is 5.98. The van der Waals surface area contributed by atoms with Crippen molar-refractivity contribution in [3.8, 4) is 16.9 Å². The molecule has 1 atom stereocenters. The molecule has 0 aliphatic rings. The number of carbonyl (C=O) groups excluding carboxylic acids is 2. The first-order chi connectivity index (χ1) is 14.1. The van der Waals surface area contributed by atoms with Crippen molar-refractivity contribution in [2.24, 2.45) is 0 Å². The predicted octanol–water partition coefficient (Wildman–Crippen LogP) is 4.94. The van der Waals surface area contributed by atoms with Crippen LogP contribution >= 0.6 is 0 Å². The number of para-hydroxylation sites is 2. The van der Waals surface area contributed by atoms with Gasteiger partial charge in [-0.15, -0.1) is 0 Å². The van der Waals surface area contributed by atoms with E-state index in [-0.39, 0.29) is 0 Å². The lowest BCUT2D eigenvalue weighted by molar-refractivity contribution is -0.123. The molecule has 0 spiro atoms. The highest BCUT2D eigenvalue weighted by Gasteiger charge is 2.20. The SMILES string of the molecule is CCOc1ccccc1NC(=O)C(C)OC(=O)c1ccc(-c2ccccc2)cc1. The van der Waals surface area contributed by atoms with Gasteiger partial charge in [-0.1, -0.05) is 54.6 Å². The van der Waals surface area contributed by atoms with Crippen molar-refractivity contribution in [2.75, 3.05) is 11.9 Å². The first-order valence-corrected chi connectivity index (χ1v) is 9.47. The number of amides is 1. The van der Waals surface area contributed by atoms with Crippen molar-refractivity contribution in [3.05, 3.63) is 84.4 Å². The molecule has 1 amide bonds. The van der Waals surface area contributed by atoms with Crippen molar-refractivity contribution in [3.63, 3.8) is 0 Å². The second-order valence-electron chi connectivity index (χ2n) is 6.41. The fraction of sp³-hybridized carbons (Fsp3) is 0.167. The predicted molar refractivity (Wildman–Crippen MR) is 113 cm³/mol. The van der Waals surface area contributed by atoms with Crippen molar-refractivity contribution in [1.29, 1.82) is 0 Å². The van der Waals surface area contributed by atoms with Crippen molar-refractivity contribution < 1.29 is 19.1 Å². The van der Waals surface area contributed by atoms with E-state index in [2.05, 4.69) is 5.32 Å². The van der Waals surface area contributed by atoms with E-state index < -0.39 is 18.0 Å². The normalized spacial score (nSPS) is 11.4. The summed E-state index contributed by atoms with van der Waals surface area (Å²) in [7, 11) is 0. The zero-order chi connectivity index (χ0) is 20.6. The van der Waals surface area contributed by atoms with Crippen LogP contribution in [0.5, 0.6) is 5.75 Å². The average molecular weight is 389 g/mol. The van der Waals surface area contributed by atoms with Gasteiger partial charge in [0.15, 0.2) is 6.10 Å². The molecule has 0 heterocycles. The van der Waals surface area contributed by atoms with Gasteiger partial charge in [-0.05, 0) is 49.2 Å². The van der Waals surface area contributed by atoms with Crippen molar-refractivity contribution >= 4 is 17.6 Å². The Morgan fingerprint density at radius 2 is 1.48 bits per heavy atom. The molecule has 5 heteroatoms. The van der Waals surface area contributed by atoms with Gasteiger partial charge in [-0.25, -0.2) is 4.79 Å². The van der Waals surface area contributed by atoms with Crippen LogP contribution in [0.15, 0.2) is 78.9 Å². The maximum absolute atomic E-state index is 12.4. The fourth-order valence-corrected chi connectivity index (χ4v) is 2.80. The van der Waals surface area contributed by atoms with Gasteiger partial charge in [0, 0.05) is 0 Å². The third-order valence-corrected chi connectivity index (χ3v) is 4.33. The first kappa shape index (κ1) is 20.1. The maximum atomic E-state index is 12.4. The maximum Gasteiger partial charge on any atom is 0.338 e. The highest BCUT2D eigenvalue weighted by Crippen LogP contribution is 2.24. The average Bonchev–Trinajstić information content (AvgIpc) is 2.76. The molecule has 5 nitrogen and oxygen atoms in total. The molecule has 0 saturated carbocycles. The van der Waals surface area contributed by atoms with Crippen LogP contribution in [0.4, 0.5) is 5.69 Å². The summed E-state index contributed by atoms with van der Waals surface area (Å²) in [6.07, 6.45) is -0.953. The van der Waals surface area contributed by atoms with Gasteiger partial charge < -0.3 is 14.8 Å². The summed E-state index contributed by atoms with van der Waals surface area (Å²) in [5.41, 5.74) is 2.99. The van der Waals surface area contributed by atoms with E-state index in [1.807, 2.05) is 55.5 Å². The second kappa shape index (κ2) is 9.55. The Balaban J connectivity index is 1.62. The molecule has 29 heavy (non-hydrogen) atoms. The Hall–Kier alpha value is -3.60. The standard InChI is InChI=1S/C24H23NO4/c1-3-28-22-12-8-7-11-21(22)25-23(26)17(2)29-24(27)20-15-13-19(14-16-20)18-9-5-4-6-10-18/h4-17H,3H2,1-2H3,(H,25,26). The monoisotopic (exact) mass is 389 g/mol. The van der Waals surface area contributed by atoms with E-state index in [9.17, 15) is 9.59 Å². The number of esters is 1. The van der Waals surface area contributed by atoms with E-state index in [1.165, 1.54) is 6.92 Å². The van der Waals surface area contributed by atoms with Gasteiger partial charge in [-0.3, -0.25) is 4.79 Å². The number of ether oxygens (including phenoxy) is 2. The first-order valence-electron chi connectivity index (χ1n) is 9.47. The molecule has 3 aromatic rings. The molecule has 0 fully saturated rings. The minimum atomic E-state index is -0.953. The largest absolute Gasteiger partial charge is 0.492 e. The van der Waals surface area contributed by atoms with Crippen LogP contribution in [0.2, 0.25) is 0 Å². The van der Waals surface area contributed by atoms with Crippen LogP contribution in [-0.2, 0) is 9.53 Å². The molecule has 1 unspecified atom stereocenters. The van der Waals surface area contributed by atoms with E-state index >= 15 is 0 Å². The van der Waals surface area contributed by atoms with Gasteiger partial charge in [0.25, 0.3) is 5.91 Å². The number of anilines is 1. The molecule has 0 bridgehead atoms. The Bertz CT molecular complexity index is 968. The van der Waals surface area contributed by atoms with Gasteiger partial charge in [-0.2, -0.15) is 0 Å². The Kier molecular flexibility index (Phi) is 6.63. The lowest BCUT2D eigenvalue weighted by Crippen LogP contribution is -2.30. The summed E-state index contributed by atoms with van der Waals surface area (Å²) in [4.78, 5) is 24.8. The van der Waals surface area contributed by atoms with E-state index in [1.54, 1.807) is 30.3 Å². The molecule has 1 N–H and O–H groups in total. The third kappa shape index (κ3) is 5.23. The molecular weight excluding hydrogens is 366 g/mol. The fourth-order valence-electron chi connectivity index (χ4n) is 2.80. The van der Waals surface area contributed by atoms with Crippen LogP contribution in [0, 0.1) is 0 Å². The van der Waals surface area contributed by atoms with Gasteiger partial charge in [0.05, 0.1) is 17.9 Å². The number of hydrogen-bond acceptors (Lipinski definition) is 4. The zero-order valence-electron chi connectivity index (χ0n) is 16.4. The van der Waals surface area contributed by atoms with Crippen LogP contribution in [-0.4, -0.2) is 24.6 Å². The summed E-state index contributed by atoms with van der Waals surface area (Å²) >= 11 is 0. The molecule has 0 aliphatic heterocycles. The number of benzene rings is 3. The molecule has 3 rings (SSSR count). The Labute approximate surface area is 170 Å². The molecule has 3 aromatic carbocycles. The Morgan fingerprint density at radius 1 is 0.862 bits per heavy atom. The van der Waals surface area contributed by atoms with Gasteiger partial charge >= 0.3 is 5.97 Å².